The lowest BCUT2D eigenvalue weighted by Gasteiger charge is -2.24. The fourth-order valence-electron chi connectivity index (χ4n) is 5.07. The van der Waals surface area contributed by atoms with Crippen LogP contribution in [0, 0.1) is 12.8 Å². The molecule has 2 aliphatic rings. The molecule has 1 atom stereocenters. The van der Waals surface area contributed by atoms with Crippen LogP contribution >= 0.6 is 11.3 Å². The van der Waals surface area contributed by atoms with Gasteiger partial charge in [0, 0.05) is 33.3 Å². The van der Waals surface area contributed by atoms with E-state index in [0.717, 1.165) is 17.7 Å². The number of nitrogens with zero attached hydrogens (tertiary/aromatic N) is 4. The van der Waals surface area contributed by atoms with E-state index >= 15 is 0 Å². The Morgan fingerprint density at radius 1 is 1.27 bits per heavy atom. The number of methoxy groups -OCH3 is 1. The Hall–Kier alpha value is -3.39. The van der Waals surface area contributed by atoms with E-state index in [4.69, 9.17) is 4.74 Å². The van der Waals surface area contributed by atoms with Gasteiger partial charge in [0.25, 0.3) is 11.8 Å². The number of pyridine rings is 1. The molecule has 5 rings (SSSR count). The molecule has 13 heteroatoms. The standard InChI is InChI=1S/C28H34N6O5S2/c1-6-29-41(37,38)21-13-19(12-20-14-34(27(36)25(20)21)17(3)18-10-11-18)26-16(2)30-28(40-26)32-22-8-7-9-23(31-22)33(4)24(35)15-39-5/h7-9,12-13,17-18,29H,6,10-11,14-15H2,1-5H3,(H,30,31,32)/t17-/m0/s1. The summed E-state index contributed by atoms with van der Waals surface area (Å²) < 4.78 is 34.1. The van der Waals surface area contributed by atoms with E-state index in [2.05, 4.69) is 20.0 Å². The molecule has 0 radical (unpaired) electrons. The Morgan fingerprint density at radius 3 is 2.71 bits per heavy atom. The lowest BCUT2D eigenvalue weighted by molar-refractivity contribution is -0.121. The zero-order valence-electron chi connectivity index (χ0n) is 23.7. The van der Waals surface area contributed by atoms with Gasteiger partial charge in [0.1, 0.15) is 18.2 Å². The van der Waals surface area contributed by atoms with Crippen molar-refractivity contribution in [1.29, 1.82) is 0 Å². The number of hydrogen-bond donors (Lipinski definition) is 2. The number of benzene rings is 1. The predicted molar refractivity (Wildman–Crippen MR) is 158 cm³/mol. The lowest BCUT2D eigenvalue weighted by Crippen LogP contribution is -2.35. The van der Waals surface area contributed by atoms with Gasteiger partial charge < -0.3 is 15.0 Å². The fraction of sp³-hybridized carbons (Fsp3) is 0.429. The van der Waals surface area contributed by atoms with Crippen molar-refractivity contribution in [2.24, 2.45) is 5.92 Å². The molecule has 41 heavy (non-hydrogen) atoms. The molecule has 0 spiro atoms. The van der Waals surface area contributed by atoms with E-state index in [0.29, 0.717) is 46.1 Å². The second-order valence-corrected chi connectivity index (χ2v) is 13.1. The summed E-state index contributed by atoms with van der Waals surface area (Å²) in [5, 5.41) is 3.76. The van der Waals surface area contributed by atoms with Crippen LogP contribution in [0.25, 0.3) is 10.4 Å². The molecule has 1 fully saturated rings. The van der Waals surface area contributed by atoms with Gasteiger partial charge in [-0.2, -0.15) is 0 Å². The molecule has 1 aliphatic carbocycles. The van der Waals surface area contributed by atoms with Crippen molar-refractivity contribution in [3.63, 3.8) is 0 Å². The molecule has 11 nitrogen and oxygen atoms in total. The Morgan fingerprint density at radius 2 is 2.02 bits per heavy atom. The molecule has 2 N–H and O–H groups in total. The molecular formula is C28H34N6O5S2. The summed E-state index contributed by atoms with van der Waals surface area (Å²) in [5.41, 5.74) is 2.36. The number of rotatable bonds is 11. The normalized spacial score (nSPS) is 15.6. The molecule has 3 heterocycles. The van der Waals surface area contributed by atoms with Crippen molar-refractivity contribution in [3.05, 3.63) is 47.2 Å². The highest BCUT2D eigenvalue weighted by Crippen LogP contribution is 2.42. The third kappa shape index (κ3) is 5.85. The Bertz CT molecular complexity index is 1600. The average Bonchev–Trinajstić information content (AvgIpc) is 3.65. The first-order valence-corrected chi connectivity index (χ1v) is 15.8. The van der Waals surface area contributed by atoms with Gasteiger partial charge in [-0.05, 0) is 68.0 Å². The van der Waals surface area contributed by atoms with Crippen LogP contribution < -0.4 is 14.9 Å². The zero-order valence-corrected chi connectivity index (χ0v) is 25.4. The second kappa shape index (κ2) is 11.5. The quantitative estimate of drug-likeness (QED) is 0.339. The number of aromatic nitrogens is 2. The van der Waals surface area contributed by atoms with Crippen molar-refractivity contribution in [2.75, 3.05) is 37.5 Å². The Labute approximate surface area is 244 Å². The number of ether oxygens (including phenoxy) is 1. The van der Waals surface area contributed by atoms with Gasteiger partial charge in [-0.1, -0.05) is 24.3 Å². The molecule has 1 aromatic carbocycles. The molecule has 0 bridgehead atoms. The SMILES string of the molecule is CCNS(=O)(=O)c1cc(-c2sc(Nc3cccc(N(C)C(=O)COC)n3)nc2C)cc2c1C(=O)N([C@@H](C)C1CC1)C2. The molecule has 1 saturated carbocycles. The largest absolute Gasteiger partial charge is 0.375 e. The van der Waals surface area contributed by atoms with Crippen molar-refractivity contribution in [1.82, 2.24) is 19.6 Å². The number of nitrogens with one attached hydrogen (secondary N) is 2. The number of sulfonamides is 1. The van der Waals surface area contributed by atoms with Crippen LogP contribution in [0.2, 0.25) is 0 Å². The van der Waals surface area contributed by atoms with E-state index < -0.39 is 10.0 Å². The van der Waals surface area contributed by atoms with Gasteiger partial charge in [0.15, 0.2) is 5.13 Å². The molecule has 2 aromatic heterocycles. The second-order valence-electron chi connectivity index (χ2n) is 10.3. The first kappa shape index (κ1) is 29.1. The van der Waals surface area contributed by atoms with Crippen LogP contribution in [0.4, 0.5) is 16.8 Å². The highest BCUT2D eigenvalue weighted by atomic mass is 32.2. The van der Waals surface area contributed by atoms with Gasteiger partial charge in [-0.3, -0.25) is 14.5 Å². The minimum absolute atomic E-state index is 0.00258. The molecule has 1 aliphatic heterocycles. The third-order valence-corrected chi connectivity index (χ3v) is 10.1. The number of likely N-dealkylation sites (N-methyl/N-ethyl adjacent to an activating group) is 1. The van der Waals surface area contributed by atoms with Crippen molar-refractivity contribution in [2.45, 2.75) is 51.1 Å². The maximum Gasteiger partial charge on any atom is 0.256 e. The lowest BCUT2D eigenvalue weighted by atomic mass is 10.0. The van der Waals surface area contributed by atoms with E-state index in [9.17, 15) is 18.0 Å². The summed E-state index contributed by atoms with van der Waals surface area (Å²) in [6.07, 6.45) is 2.17. The van der Waals surface area contributed by atoms with Gasteiger partial charge in [-0.15, -0.1) is 0 Å². The highest BCUT2D eigenvalue weighted by Gasteiger charge is 2.41. The monoisotopic (exact) mass is 598 g/mol. The summed E-state index contributed by atoms with van der Waals surface area (Å²) in [5.74, 6) is 0.958. The van der Waals surface area contributed by atoms with E-state index in [1.807, 2.05) is 19.9 Å². The summed E-state index contributed by atoms with van der Waals surface area (Å²) in [6, 6.07) is 8.83. The van der Waals surface area contributed by atoms with Crippen molar-refractivity contribution in [3.8, 4) is 10.4 Å². The molecule has 2 amide bonds. The topological polar surface area (TPSA) is 134 Å². The number of anilines is 3. The number of hydrogen-bond acceptors (Lipinski definition) is 9. The van der Waals surface area contributed by atoms with Gasteiger partial charge in [0.2, 0.25) is 10.0 Å². The van der Waals surface area contributed by atoms with Crippen LogP contribution in [0.1, 0.15) is 48.3 Å². The number of carbonyl (C=O) groups is 2. The first-order chi connectivity index (χ1) is 19.5. The van der Waals surface area contributed by atoms with Crippen LogP contribution in [-0.2, 0) is 26.1 Å². The maximum absolute atomic E-state index is 13.5. The highest BCUT2D eigenvalue weighted by molar-refractivity contribution is 7.89. The molecule has 0 saturated heterocycles. The number of aryl methyl sites for hydroxylation is 1. The van der Waals surface area contributed by atoms with E-state index in [1.165, 1.54) is 23.3 Å². The van der Waals surface area contributed by atoms with Gasteiger partial charge in [-0.25, -0.2) is 23.1 Å². The van der Waals surface area contributed by atoms with Crippen LogP contribution in [-0.4, -0.2) is 68.5 Å². The maximum atomic E-state index is 13.5. The number of fused-ring (bicyclic) bond motifs is 1. The fourth-order valence-corrected chi connectivity index (χ4v) is 7.33. The zero-order chi connectivity index (χ0) is 29.5. The third-order valence-electron chi connectivity index (χ3n) is 7.43. The smallest absolute Gasteiger partial charge is 0.256 e. The van der Waals surface area contributed by atoms with Crippen LogP contribution in [0.15, 0.2) is 35.2 Å². The number of carbonyl (C=O) groups excluding carboxylic acids is 2. The van der Waals surface area contributed by atoms with E-state index in [1.54, 1.807) is 43.1 Å². The minimum atomic E-state index is -3.91. The van der Waals surface area contributed by atoms with Gasteiger partial charge in [0.05, 0.1) is 21.0 Å². The van der Waals surface area contributed by atoms with Crippen molar-refractivity contribution < 1.29 is 22.7 Å². The summed E-state index contributed by atoms with van der Waals surface area (Å²) in [7, 11) is -0.823. The first-order valence-electron chi connectivity index (χ1n) is 13.5. The molecule has 3 aromatic rings. The van der Waals surface area contributed by atoms with Crippen molar-refractivity contribution >= 4 is 49.9 Å². The summed E-state index contributed by atoms with van der Waals surface area (Å²) in [4.78, 5) is 38.9. The molecular weight excluding hydrogens is 564 g/mol. The Kier molecular flexibility index (Phi) is 8.15. The number of thiazole rings is 1. The summed E-state index contributed by atoms with van der Waals surface area (Å²) in [6.45, 7) is 6.15. The minimum Gasteiger partial charge on any atom is -0.375 e. The predicted octanol–water partition coefficient (Wildman–Crippen LogP) is 3.92. The molecule has 218 valence electrons. The van der Waals surface area contributed by atoms with Gasteiger partial charge >= 0.3 is 0 Å². The van der Waals surface area contributed by atoms with E-state index in [-0.39, 0.29) is 41.5 Å². The molecule has 0 unspecified atom stereocenters. The number of amides is 2. The average molecular weight is 599 g/mol. The Balaban J connectivity index is 1.48. The summed E-state index contributed by atoms with van der Waals surface area (Å²) >= 11 is 1.36. The van der Waals surface area contributed by atoms with Crippen LogP contribution in [0.5, 0.6) is 0 Å². The van der Waals surface area contributed by atoms with Crippen LogP contribution in [0.3, 0.4) is 0 Å².